The zero-order valence-corrected chi connectivity index (χ0v) is 22.6. The predicted molar refractivity (Wildman–Crippen MR) is 134 cm³/mol. The molecule has 1 N–H and O–H groups in total. The van der Waals surface area contributed by atoms with Gasteiger partial charge in [0.25, 0.3) is 0 Å². The molecule has 0 rings (SSSR count). The third-order valence-electron chi connectivity index (χ3n) is 5.27. The zero-order chi connectivity index (χ0) is 26.9. The molecule has 0 spiro atoms. The summed E-state index contributed by atoms with van der Waals surface area (Å²) >= 11 is 1.43. The third-order valence-corrected chi connectivity index (χ3v) is 6.28. The van der Waals surface area contributed by atoms with E-state index in [9.17, 15) is 19.2 Å². The maximum Gasteiger partial charge on any atom is 0.330 e. The van der Waals surface area contributed by atoms with Crippen molar-refractivity contribution in [1.29, 1.82) is 0 Å². The second-order valence-corrected chi connectivity index (χ2v) is 10.5. The highest BCUT2D eigenvalue weighted by molar-refractivity contribution is 7.99. The van der Waals surface area contributed by atoms with Gasteiger partial charge in [-0.25, -0.2) is 4.79 Å². The maximum absolute atomic E-state index is 12.5. The van der Waals surface area contributed by atoms with E-state index < -0.39 is 34.8 Å². The highest BCUT2D eigenvalue weighted by atomic mass is 32.2. The molecule has 0 amide bonds. The topological polar surface area (TPSA) is 125 Å². The highest BCUT2D eigenvalue weighted by Crippen LogP contribution is 2.25. The minimum absolute atomic E-state index is 0.0827. The average Bonchev–Trinajstić information content (AvgIpc) is 2.81. The van der Waals surface area contributed by atoms with Crippen molar-refractivity contribution in [3.05, 3.63) is 12.7 Å². The Bertz CT molecular complexity index is 692. The van der Waals surface area contributed by atoms with Crippen LogP contribution in [0.3, 0.4) is 0 Å². The van der Waals surface area contributed by atoms with E-state index in [-0.39, 0.29) is 44.6 Å². The van der Waals surface area contributed by atoms with E-state index >= 15 is 0 Å². The van der Waals surface area contributed by atoms with Crippen molar-refractivity contribution < 1.29 is 43.2 Å². The van der Waals surface area contributed by atoms with Crippen molar-refractivity contribution in [3.8, 4) is 0 Å². The van der Waals surface area contributed by atoms with Crippen LogP contribution in [0.25, 0.3) is 0 Å². The molecule has 0 aliphatic heterocycles. The molecule has 0 heterocycles. The number of esters is 4. The fourth-order valence-corrected chi connectivity index (χ4v) is 3.38. The van der Waals surface area contributed by atoms with Gasteiger partial charge in [-0.15, -0.1) is 0 Å². The van der Waals surface area contributed by atoms with Crippen molar-refractivity contribution in [3.63, 3.8) is 0 Å². The number of carbonyl (C=O) groups excluding carboxylic acids is 4. The lowest BCUT2D eigenvalue weighted by molar-refractivity contribution is -0.167. The second kappa shape index (κ2) is 17.4. The normalized spacial score (nSPS) is 13.8. The Balaban J connectivity index is 4.77. The molecule has 0 aromatic heterocycles. The van der Waals surface area contributed by atoms with E-state index in [1.165, 1.54) is 11.8 Å². The Morgan fingerprint density at radius 2 is 1.66 bits per heavy atom. The second-order valence-electron chi connectivity index (χ2n) is 9.43. The van der Waals surface area contributed by atoms with Gasteiger partial charge in [0.1, 0.15) is 25.9 Å². The van der Waals surface area contributed by atoms with Crippen LogP contribution < -0.4 is 0 Å². The molecule has 0 fully saturated rings. The number of aliphatic hydroxyl groups is 1. The molecule has 0 bridgehead atoms. The summed E-state index contributed by atoms with van der Waals surface area (Å²) < 4.78 is 21.1. The van der Waals surface area contributed by atoms with E-state index in [4.69, 9.17) is 24.1 Å². The van der Waals surface area contributed by atoms with Crippen LogP contribution in [0.4, 0.5) is 0 Å². The van der Waals surface area contributed by atoms with Crippen LogP contribution in [0.2, 0.25) is 0 Å². The zero-order valence-electron chi connectivity index (χ0n) is 21.8. The first-order chi connectivity index (χ1) is 16.4. The summed E-state index contributed by atoms with van der Waals surface area (Å²) in [5, 5.41) is 8.78. The van der Waals surface area contributed by atoms with E-state index in [0.717, 1.165) is 31.1 Å². The quantitative estimate of drug-likeness (QED) is 0.118. The number of hydrogen-bond donors (Lipinski definition) is 1. The lowest BCUT2D eigenvalue weighted by atomic mass is 9.88. The maximum atomic E-state index is 12.5. The van der Waals surface area contributed by atoms with Crippen molar-refractivity contribution in [2.75, 3.05) is 37.9 Å². The number of aliphatic hydroxyl groups excluding tert-OH is 1. The Morgan fingerprint density at radius 1 is 1.00 bits per heavy atom. The first kappa shape index (κ1) is 32.9. The third kappa shape index (κ3) is 15.5. The van der Waals surface area contributed by atoms with Crippen molar-refractivity contribution in [1.82, 2.24) is 0 Å². The summed E-state index contributed by atoms with van der Waals surface area (Å²) in [5.41, 5.74) is -1.64. The Morgan fingerprint density at radius 3 is 2.26 bits per heavy atom. The van der Waals surface area contributed by atoms with Gasteiger partial charge in [0.2, 0.25) is 0 Å². The molecule has 0 aromatic rings. The van der Waals surface area contributed by atoms with Gasteiger partial charge in [-0.05, 0) is 45.8 Å². The van der Waals surface area contributed by atoms with Crippen LogP contribution in [0.5, 0.6) is 0 Å². The Labute approximate surface area is 213 Å². The number of carbonyl (C=O) groups is 4. The van der Waals surface area contributed by atoms with Crippen LogP contribution in [0, 0.1) is 10.8 Å². The molecule has 0 radical (unpaired) electrons. The molecule has 10 heteroatoms. The summed E-state index contributed by atoms with van der Waals surface area (Å²) in [6.07, 6.45) is 3.28. The molecule has 35 heavy (non-hydrogen) atoms. The smallest absolute Gasteiger partial charge is 0.330 e. The number of hydrogen-bond acceptors (Lipinski definition) is 10. The van der Waals surface area contributed by atoms with E-state index in [1.807, 2.05) is 6.92 Å². The molecule has 2 unspecified atom stereocenters. The van der Waals surface area contributed by atoms with Crippen molar-refractivity contribution in [2.45, 2.75) is 72.8 Å². The number of thioether (sulfide) groups is 1. The van der Waals surface area contributed by atoms with E-state index in [0.29, 0.717) is 6.42 Å². The minimum Gasteiger partial charge on any atom is -0.464 e. The van der Waals surface area contributed by atoms with Crippen LogP contribution in [-0.2, 0) is 38.1 Å². The molecule has 0 aliphatic rings. The lowest BCUT2D eigenvalue weighted by Gasteiger charge is -2.28. The van der Waals surface area contributed by atoms with Gasteiger partial charge in [-0.1, -0.05) is 26.8 Å². The first-order valence-electron chi connectivity index (χ1n) is 11.9. The predicted octanol–water partition coefficient (Wildman–Crippen LogP) is 3.46. The molecule has 0 saturated carbocycles. The first-order valence-corrected chi connectivity index (χ1v) is 13.0. The fraction of sp³-hybridized carbons (Fsp3) is 0.760. The summed E-state index contributed by atoms with van der Waals surface area (Å²) in [5.74, 6) is -1.15. The van der Waals surface area contributed by atoms with Gasteiger partial charge in [0, 0.05) is 18.1 Å². The molecular weight excluding hydrogens is 476 g/mol. The summed E-state index contributed by atoms with van der Waals surface area (Å²) in [6.45, 7) is 11.8. The lowest BCUT2D eigenvalue weighted by Crippen LogP contribution is -2.36. The van der Waals surface area contributed by atoms with Crippen LogP contribution in [-0.4, -0.2) is 73.0 Å². The van der Waals surface area contributed by atoms with Gasteiger partial charge in [-0.3, -0.25) is 14.4 Å². The molecule has 0 aromatic carbocycles. The average molecular weight is 519 g/mol. The molecule has 0 aliphatic carbocycles. The molecule has 2 atom stereocenters. The van der Waals surface area contributed by atoms with Gasteiger partial charge in [0.05, 0.1) is 17.6 Å². The van der Waals surface area contributed by atoms with Crippen molar-refractivity contribution >= 4 is 35.6 Å². The molecule has 9 nitrogen and oxygen atoms in total. The molecule has 202 valence electrons. The SMILES string of the molecule is C=CC(=O)OCC(C)(COC(=O)CSCCCCCO)CC(=O)OC(C)COC(=O)C(C)(C)CC. The minimum atomic E-state index is -1.02. The monoisotopic (exact) mass is 518 g/mol. The fourth-order valence-electron chi connectivity index (χ4n) is 2.57. The highest BCUT2D eigenvalue weighted by Gasteiger charge is 2.33. The van der Waals surface area contributed by atoms with Gasteiger partial charge >= 0.3 is 23.9 Å². The molecule has 0 saturated heterocycles. The summed E-state index contributed by atoms with van der Waals surface area (Å²) in [6, 6.07) is 0. The standard InChI is InChI=1S/C25H42O9S/c1-7-20(27)32-17-25(6,18-33-22(29)16-35-13-11-9-10-12-26)14-21(28)34-19(3)15-31-23(30)24(4,5)8-2/h7,19,26H,1,8-18H2,2-6H3. The summed E-state index contributed by atoms with van der Waals surface area (Å²) in [4.78, 5) is 48.3. The largest absolute Gasteiger partial charge is 0.464 e. The number of rotatable bonds is 19. The summed E-state index contributed by atoms with van der Waals surface area (Å²) in [7, 11) is 0. The van der Waals surface area contributed by atoms with Crippen LogP contribution >= 0.6 is 11.8 Å². The van der Waals surface area contributed by atoms with Gasteiger partial charge < -0.3 is 24.1 Å². The van der Waals surface area contributed by atoms with Gasteiger partial charge in [0.15, 0.2) is 0 Å². The van der Waals surface area contributed by atoms with E-state index in [1.54, 1.807) is 27.7 Å². The van der Waals surface area contributed by atoms with Crippen LogP contribution in [0.15, 0.2) is 12.7 Å². The Hall–Kier alpha value is -2.07. The molecular formula is C25H42O9S. The Kier molecular flexibility index (Phi) is 16.3. The van der Waals surface area contributed by atoms with Gasteiger partial charge in [-0.2, -0.15) is 11.8 Å². The number of unbranched alkanes of at least 4 members (excludes halogenated alkanes) is 2. The number of ether oxygens (including phenoxy) is 4. The van der Waals surface area contributed by atoms with Crippen molar-refractivity contribution in [2.24, 2.45) is 10.8 Å². The van der Waals surface area contributed by atoms with E-state index in [2.05, 4.69) is 6.58 Å². The van der Waals surface area contributed by atoms with Crippen LogP contribution in [0.1, 0.15) is 66.7 Å².